The lowest BCUT2D eigenvalue weighted by atomic mass is 9.97. The molecule has 0 aliphatic carbocycles. The van der Waals surface area contributed by atoms with Crippen LogP contribution in [0, 0.1) is 0 Å². The van der Waals surface area contributed by atoms with Gasteiger partial charge in [-0.25, -0.2) is 4.79 Å². The number of likely N-dealkylation sites (tertiary alicyclic amines) is 1. The van der Waals surface area contributed by atoms with Gasteiger partial charge in [0.25, 0.3) is 0 Å². The largest absolute Gasteiger partial charge is 0.444 e. The fraction of sp³-hybridized carbons (Fsp3) is 0.500. The normalized spacial score (nSPS) is 18.7. The summed E-state index contributed by atoms with van der Waals surface area (Å²) in [5.41, 5.74) is -0.161. The Morgan fingerprint density at radius 1 is 1.37 bits per heavy atom. The van der Waals surface area contributed by atoms with Gasteiger partial charge in [-0.15, -0.1) is 0 Å². The summed E-state index contributed by atoms with van der Waals surface area (Å²) in [6, 6.07) is 4.73. The van der Waals surface area contributed by atoms with Gasteiger partial charge in [-0.1, -0.05) is 6.07 Å². The third kappa shape index (κ3) is 3.10. The Hall–Kier alpha value is -1.91. The highest BCUT2D eigenvalue weighted by atomic mass is 16.6. The lowest BCUT2D eigenvalue weighted by Gasteiger charge is -2.40. The third-order valence-corrected chi connectivity index (χ3v) is 2.87. The first-order valence-electron chi connectivity index (χ1n) is 6.33. The number of ether oxygens (including phenoxy) is 1. The van der Waals surface area contributed by atoms with Crippen molar-refractivity contribution in [2.24, 2.45) is 0 Å². The molecule has 1 aromatic rings. The first-order valence-corrected chi connectivity index (χ1v) is 6.33. The zero-order chi connectivity index (χ0) is 14.0. The van der Waals surface area contributed by atoms with E-state index in [1.54, 1.807) is 45.2 Å². The van der Waals surface area contributed by atoms with Crippen LogP contribution in [0.2, 0.25) is 0 Å². The monoisotopic (exact) mass is 262 g/mol. The molecule has 2 heterocycles. The highest BCUT2D eigenvalue weighted by Gasteiger charge is 2.40. The van der Waals surface area contributed by atoms with Crippen LogP contribution < -0.4 is 0 Å². The van der Waals surface area contributed by atoms with Gasteiger partial charge in [-0.2, -0.15) is 0 Å². The molecular weight excluding hydrogens is 244 g/mol. The number of carbonyl (C=O) groups is 2. The minimum Gasteiger partial charge on any atom is -0.444 e. The molecule has 0 bridgehead atoms. The van der Waals surface area contributed by atoms with Crippen molar-refractivity contribution in [3.05, 3.63) is 30.1 Å². The average molecular weight is 262 g/mol. The minimum absolute atomic E-state index is 0.127. The smallest absolute Gasteiger partial charge is 0.410 e. The molecule has 1 atom stereocenters. The van der Waals surface area contributed by atoms with Crippen LogP contribution in [0.15, 0.2) is 24.4 Å². The van der Waals surface area contributed by atoms with Crippen LogP contribution in [0.1, 0.15) is 37.7 Å². The van der Waals surface area contributed by atoms with Gasteiger partial charge in [0.2, 0.25) is 5.78 Å². The number of carbonyl (C=O) groups excluding carboxylic acids is 2. The average Bonchev–Trinajstić information content (AvgIpc) is 2.26. The van der Waals surface area contributed by atoms with Crippen molar-refractivity contribution in [3.8, 4) is 0 Å². The van der Waals surface area contributed by atoms with E-state index in [9.17, 15) is 9.59 Å². The van der Waals surface area contributed by atoms with Crippen LogP contribution in [0.4, 0.5) is 4.79 Å². The number of amides is 1. The highest BCUT2D eigenvalue weighted by Crippen LogP contribution is 2.23. The van der Waals surface area contributed by atoms with E-state index in [2.05, 4.69) is 4.98 Å². The van der Waals surface area contributed by atoms with E-state index in [-0.39, 0.29) is 5.78 Å². The van der Waals surface area contributed by atoms with E-state index in [1.807, 2.05) is 0 Å². The van der Waals surface area contributed by atoms with Gasteiger partial charge >= 0.3 is 6.09 Å². The molecule has 1 aliphatic rings. The molecule has 102 valence electrons. The molecule has 1 amide bonds. The Morgan fingerprint density at radius 2 is 2.11 bits per heavy atom. The number of Topliss-reactive ketones (excluding diaryl/α,β-unsaturated/α-hetero) is 1. The SMILES string of the molecule is CC(C)(C)OC(=O)N1CCC1C(=O)c1ccccn1. The zero-order valence-corrected chi connectivity index (χ0v) is 11.4. The van der Waals surface area contributed by atoms with Gasteiger partial charge in [0.05, 0.1) is 0 Å². The molecule has 0 saturated carbocycles. The standard InChI is InChI=1S/C14H18N2O3/c1-14(2,3)19-13(18)16-9-7-11(16)12(17)10-6-4-5-8-15-10/h4-6,8,11H,7,9H2,1-3H3. The maximum absolute atomic E-state index is 12.2. The summed E-state index contributed by atoms with van der Waals surface area (Å²) in [6.07, 6.45) is 1.80. The molecule has 1 fully saturated rings. The summed E-state index contributed by atoms with van der Waals surface area (Å²) in [5.74, 6) is -0.127. The topological polar surface area (TPSA) is 59.5 Å². The van der Waals surface area contributed by atoms with Gasteiger partial charge in [-0.3, -0.25) is 14.7 Å². The lowest BCUT2D eigenvalue weighted by molar-refractivity contribution is -0.00278. The number of nitrogens with zero attached hydrogens (tertiary/aromatic N) is 2. The van der Waals surface area contributed by atoms with E-state index in [0.717, 1.165) is 0 Å². The van der Waals surface area contributed by atoms with E-state index in [0.29, 0.717) is 18.7 Å². The third-order valence-electron chi connectivity index (χ3n) is 2.87. The van der Waals surface area contributed by atoms with Crippen LogP contribution >= 0.6 is 0 Å². The summed E-state index contributed by atoms with van der Waals surface area (Å²) in [4.78, 5) is 29.6. The maximum Gasteiger partial charge on any atom is 0.410 e. The summed E-state index contributed by atoms with van der Waals surface area (Å²) in [6.45, 7) is 5.97. The van der Waals surface area contributed by atoms with Crippen molar-refractivity contribution in [2.45, 2.75) is 38.8 Å². The second-order valence-electron chi connectivity index (χ2n) is 5.56. The number of hydrogen-bond acceptors (Lipinski definition) is 4. The van der Waals surface area contributed by atoms with Crippen molar-refractivity contribution < 1.29 is 14.3 Å². The predicted octanol–water partition coefficient (Wildman–Crippen LogP) is 2.27. The first kappa shape index (κ1) is 13.5. The van der Waals surface area contributed by atoms with E-state index in [1.165, 1.54) is 4.90 Å². The second-order valence-corrected chi connectivity index (χ2v) is 5.56. The van der Waals surface area contributed by atoms with E-state index >= 15 is 0 Å². The van der Waals surface area contributed by atoms with Gasteiger partial charge in [0.1, 0.15) is 17.3 Å². The summed E-state index contributed by atoms with van der Waals surface area (Å²) < 4.78 is 5.27. The van der Waals surface area contributed by atoms with Gasteiger partial charge < -0.3 is 4.74 Å². The molecule has 19 heavy (non-hydrogen) atoms. The number of ketones is 1. The van der Waals surface area contributed by atoms with Crippen LogP contribution in [0.25, 0.3) is 0 Å². The molecule has 1 unspecified atom stereocenters. The van der Waals surface area contributed by atoms with Crippen LogP contribution in [-0.4, -0.2) is 39.9 Å². The molecule has 1 aliphatic heterocycles. The molecule has 0 aromatic carbocycles. The second kappa shape index (κ2) is 4.99. The van der Waals surface area contributed by atoms with Gasteiger partial charge in [0, 0.05) is 12.7 Å². The van der Waals surface area contributed by atoms with Crippen molar-refractivity contribution in [1.29, 1.82) is 0 Å². The number of hydrogen-bond donors (Lipinski definition) is 0. The molecule has 0 radical (unpaired) electrons. The molecule has 5 nitrogen and oxygen atoms in total. The minimum atomic E-state index is -0.550. The Morgan fingerprint density at radius 3 is 2.58 bits per heavy atom. The zero-order valence-electron chi connectivity index (χ0n) is 11.4. The van der Waals surface area contributed by atoms with E-state index < -0.39 is 17.7 Å². The molecule has 1 aromatic heterocycles. The Bertz CT molecular complexity index is 479. The maximum atomic E-state index is 12.2. The molecule has 1 saturated heterocycles. The Labute approximate surface area is 112 Å². The fourth-order valence-electron chi connectivity index (χ4n) is 1.88. The molecule has 2 rings (SSSR count). The van der Waals surface area contributed by atoms with Crippen LogP contribution in [-0.2, 0) is 4.74 Å². The van der Waals surface area contributed by atoms with Crippen molar-refractivity contribution >= 4 is 11.9 Å². The van der Waals surface area contributed by atoms with Crippen LogP contribution in [0.5, 0.6) is 0 Å². The van der Waals surface area contributed by atoms with Crippen molar-refractivity contribution in [3.63, 3.8) is 0 Å². The van der Waals surface area contributed by atoms with E-state index in [4.69, 9.17) is 4.74 Å². The molecule has 5 heteroatoms. The Balaban J connectivity index is 2.03. The quantitative estimate of drug-likeness (QED) is 0.767. The summed E-state index contributed by atoms with van der Waals surface area (Å²) >= 11 is 0. The number of pyridine rings is 1. The highest BCUT2D eigenvalue weighted by molar-refractivity contribution is 6.00. The fourth-order valence-corrected chi connectivity index (χ4v) is 1.88. The lowest BCUT2D eigenvalue weighted by Crippen LogP contribution is -2.56. The van der Waals surface area contributed by atoms with Crippen LogP contribution in [0.3, 0.4) is 0 Å². The Kier molecular flexibility index (Phi) is 3.55. The summed E-state index contributed by atoms with van der Waals surface area (Å²) in [7, 11) is 0. The van der Waals surface area contributed by atoms with Gasteiger partial charge in [-0.05, 0) is 39.3 Å². The van der Waals surface area contributed by atoms with Crippen molar-refractivity contribution in [2.75, 3.05) is 6.54 Å². The molecule has 0 N–H and O–H groups in total. The predicted molar refractivity (Wildman–Crippen MR) is 69.9 cm³/mol. The number of rotatable bonds is 2. The molecule has 0 spiro atoms. The number of aromatic nitrogens is 1. The summed E-state index contributed by atoms with van der Waals surface area (Å²) in [5, 5.41) is 0. The van der Waals surface area contributed by atoms with Crippen molar-refractivity contribution in [1.82, 2.24) is 9.88 Å². The van der Waals surface area contributed by atoms with Gasteiger partial charge in [0.15, 0.2) is 0 Å². The molecular formula is C14H18N2O3. The first-order chi connectivity index (χ1) is 8.88.